The third-order valence-corrected chi connectivity index (χ3v) is 13.4. The van der Waals surface area contributed by atoms with Crippen LogP contribution >= 0.6 is 11.8 Å². The maximum absolute atomic E-state index is 13.6. The quantitative estimate of drug-likeness (QED) is 0.0367. The molecule has 1 aromatic rings. The Labute approximate surface area is 430 Å². The molecule has 0 heterocycles. The highest BCUT2D eigenvalue weighted by Crippen LogP contribution is 2.23. The van der Waals surface area contributed by atoms with Crippen LogP contribution in [0.4, 0.5) is 5.69 Å². The first-order valence-electron chi connectivity index (χ1n) is 27.9. The van der Waals surface area contributed by atoms with Gasteiger partial charge in [0.05, 0.1) is 17.3 Å². The van der Waals surface area contributed by atoms with Gasteiger partial charge in [0, 0.05) is 42.6 Å². The lowest BCUT2D eigenvalue weighted by Gasteiger charge is -2.26. The lowest BCUT2D eigenvalue weighted by molar-refractivity contribution is -0.157. The molecule has 2 atom stereocenters. The van der Waals surface area contributed by atoms with Crippen molar-refractivity contribution in [2.75, 3.05) is 23.4 Å². The fourth-order valence-corrected chi connectivity index (χ4v) is 9.18. The zero-order valence-corrected chi connectivity index (χ0v) is 46.4. The molecule has 0 fully saturated rings. The lowest BCUT2D eigenvalue weighted by Crippen LogP contribution is -2.46. The minimum atomic E-state index is -0.949. The number of hydrogen-bond acceptors (Lipinski definition) is 10. The third kappa shape index (κ3) is 35.7. The Kier molecular flexibility index (Phi) is 37.0. The first kappa shape index (κ1) is 64.6. The number of amides is 2. The fraction of sp³-hybridized carbons (Fsp3) is 0.793. The average molecular weight is 1000 g/mol. The second-order valence-electron chi connectivity index (χ2n) is 21.5. The summed E-state index contributed by atoms with van der Waals surface area (Å²) in [6, 6.07) is 5.63. The van der Waals surface area contributed by atoms with Gasteiger partial charge in [-0.3, -0.25) is 28.8 Å². The number of hydrogen-bond donors (Lipinski definition) is 2. The number of para-hydroxylation sites is 1. The molecular formula is C58H100N2O9S. The number of rotatable bonds is 43. The SMILES string of the molecule is CCCCCCCCCCCCCCCC(=O)OCC(CSCCC(=O)Nc1ccccc1C(=O)N[C@@H](CCC(=O)OC(C)(C)C)C(=O)C(C)(C)C)OC(=O)CCCCCCCCCCCCCCC. The summed E-state index contributed by atoms with van der Waals surface area (Å²) in [5, 5.41) is 5.65. The van der Waals surface area contributed by atoms with Crippen LogP contribution in [0.1, 0.15) is 265 Å². The normalized spacial score (nSPS) is 12.5. The van der Waals surface area contributed by atoms with Gasteiger partial charge in [0.15, 0.2) is 5.78 Å². The molecule has 0 aromatic heterocycles. The summed E-state index contributed by atoms with van der Waals surface area (Å²) in [4.78, 5) is 78.5. The standard InChI is InChI=1S/C58H100N2O9S/c1-9-11-13-15-17-19-21-23-25-27-29-31-33-39-52(62)67-45-47(68-53(63)40-34-32-30-28-26-24-22-20-18-16-14-12-10-2)46-70-44-43-51(61)59-49-38-36-35-37-48(49)56(66)60-50(55(65)57(3,4)5)41-42-54(64)69-58(6,7)8/h35-38,47,50H,9-34,39-46H2,1-8H3,(H,59,61)(H,60,66)/t47?,50-/m0/s1. The largest absolute Gasteiger partial charge is 0.462 e. The van der Waals surface area contributed by atoms with Crippen LogP contribution in [0.2, 0.25) is 0 Å². The first-order valence-corrected chi connectivity index (χ1v) is 29.0. The van der Waals surface area contributed by atoms with Crippen LogP contribution in [-0.2, 0) is 38.2 Å². The molecule has 12 heteroatoms. The van der Waals surface area contributed by atoms with Gasteiger partial charge in [-0.15, -0.1) is 0 Å². The summed E-state index contributed by atoms with van der Waals surface area (Å²) in [7, 11) is 0. The monoisotopic (exact) mass is 1000 g/mol. The summed E-state index contributed by atoms with van der Waals surface area (Å²) in [5.41, 5.74) is -0.990. The van der Waals surface area contributed by atoms with Gasteiger partial charge in [-0.25, -0.2) is 0 Å². The van der Waals surface area contributed by atoms with Gasteiger partial charge in [-0.1, -0.05) is 201 Å². The van der Waals surface area contributed by atoms with E-state index in [0.717, 1.165) is 38.5 Å². The van der Waals surface area contributed by atoms with Gasteiger partial charge in [-0.2, -0.15) is 11.8 Å². The maximum Gasteiger partial charge on any atom is 0.306 e. The zero-order chi connectivity index (χ0) is 51.9. The van der Waals surface area contributed by atoms with Crippen molar-refractivity contribution in [1.82, 2.24) is 5.32 Å². The van der Waals surface area contributed by atoms with Gasteiger partial charge in [0.25, 0.3) is 5.91 Å². The highest BCUT2D eigenvalue weighted by atomic mass is 32.2. The molecule has 0 bridgehead atoms. The summed E-state index contributed by atoms with van der Waals surface area (Å²) < 4.78 is 16.9. The van der Waals surface area contributed by atoms with E-state index >= 15 is 0 Å². The van der Waals surface area contributed by atoms with Crippen LogP contribution in [0.5, 0.6) is 0 Å². The highest BCUT2D eigenvalue weighted by molar-refractivity contribution is 7.99. The third-order valence-electron chi connectivity index (χ3n) is 12.3. The number of carbonyl (C=O) groups is 6. The Bertz CT molecular complexity index is 1590. The van der Waals surface area contributed by atoms with Crippen LogP contribution in [0.25, 0.3) is 0 Å². The second-order valence-corrected chi connectivity index (χ2v) is 22.6. The van der Waals surface area contributed by atoms with E-state index in [4.69, 9.17) is 14.2 Å². The lowest BCUT2D eigenvalue weighted by atomic mass is 9.84. The molecule has 11 nitrogen and oxygen atoms in total. The van der Waals surface area contributed by atoms with Crippen molar-refractivity contribution in [1.29, 1.82) is 0 Å². The number of anilines is 1. The fourth-order valence-electron chi connectivity index (χ4n) is 8.26. The van der Waals surface area contributed by atoms with E-state index in [0.29, 0.717) is 30.0 Å². The van der Waals surface area contributed by atoms with E-state index in [1.807, 2.05) is 0 Å². The van der Waals surface area contributed by atoms with E-state index in [1.165, 1.54) is 140 Å². The molecule has 1 aromatic carbocycles. The Hall–Kier alpha value is -3.41. The van der Waals surface area contributed by atoms with Gasteiger partial charge in [-0.05, 0) is 52.2 Å². The van der Waals surface area contributed by atoms with Gasteiger partial charge in [0.1, 0.15) is 18.3 Å². The number of unbranched alkanes of at least 4 members (excludes halogenated alkanes) is 24. The van der Waals surface area contributed by atoms with Crippen molar-refractivity contribution >= 4 is 53.0 Å². The van der Waals surface area contributed by atoms with Crippen LogP contribution in [-0.4, -0.2) is 71.4 Å². The number of nitrogens with one attached hydrogen (secondary N) is 2. The Balaban J connectivity index is 2.70. The van der Waals surface area contributed by atoms with Crippen LogP contribution < -0.4 is 10.6 Å². The molecular weight excluding hydrogens is 901 g/mol. The second kappa shape index (κ2) is 40.1. The molecule has 0 saturated carbocycles. The van der Waals surface area contributed by atoms with Crippen molar-refractivity contribution < 1.29 is 43.0 Å². The first-order chi connectivity index (χ1) is 33.5. The zero-order valence-electron chi connectivity index (χ0n) is 45.6. The summed E-state index contributed by atoms with van der Waals surface area (Å²) in [6.07, 6.45) is 32.0. The van der Waals surface area contributed by atoms with Crippen LogP contribution in [0.3, 0.4) is 0 Å². The minimum absolute atomic E-state index is 0.0280. The van der Waals surface area contributed by atoms with E-state index in [2.05, 4.69) is 24.5 Å². The van der Waals surface area contributed by atoms with Crippen LogP contribution in [0.15, 0.2) is 24.3 Å². The van der Waals surface area contributed by atoms with Gasteiger partial charge < -0.3 is 24.8 Å². The molecule has 1 unspecified atom stereocenters. The van der Waals surface area contributed by atoms with Gasteiger partial charge in [0.2, 0.25) is 5.91 Å². The maximum atomic E-state index is 13.6. The number of Topliss-reactive ketones (excluding diaryl/α,β-unsaturated/α-hetero) is 1. The predicted molar refractivity (Wildman–Crippen MR) is 289 cm³/mol. The van der Waals surface area contributed by atoms with E-state index in [1.54, 1.807) is 65.8 Å². The van der Waals surface area contributed by atoms with E-state index in [-0.39, 0.29) is 55.1 Å². The van der Waals surface area contributed by atoms with E-state index in [9.17, 15) is 28.8 Å². The molecule has 402 valence electrons. The molecule has 0 aliphatic carbocycles. The number of thioether (sulfide) groups is 1. The number of benzene rings is 1. The van der Waals surface area contributed by atoms with Crippen molar-refractivity contribution in [3.05, 3.63) is 29.8 Å². The molecule has 70 heavy (non-hydrogen) atoms. The predicted octanol–water partition coefficient (Wildman–Crippen LogP) is 15.0. The average Bonchev–Trinajstić information content (AvgIpc) is 3.30. The molecule has 2 amide bonds. The smallest absolute Gasteiger partial charge is 0.306 e. The Morgan fingerprint density at radius 1 is 0.557 bits per heavy atom. The van der Waals surface area contributed by atoms with Crippen LogP contribution in [0, 0.1) is 5.41 Å². The summed E-state index contributed by atoms with van der Waals surface area (Å²) in [5.74, 6) is -1.40. The van der Waals surface area contributed by atoms with Gasteiger partial charge >= 0.3 is 17.9 Å². The molecule has 0 saturated heterocycles. The topological polar surface area (TPSA) is 154 Å². The molecule has 0 aliphatic rings. The Morgan fingerprint density at radius 3 is 1.49 bits per heavy atom. The van der Waals surface area contributed by atoms with Crippen molar-refractivity contribution in [2.24, 2.45) is 5.41 Å². The number of ketones is 1. The Morgan fingerprint density at radius 2 is 1.01 bits per heavy atom. The minimum Gasteiger partial charge on any atom is -0.462 e. The summed E-state index contributed by atoms with van der Waals surface area (Å²) in [6.45, 7) is 15.1. The number of ether oxygens (including phenoxy) is 3. The summed E-state index contributed by atoms with van der Waals surface area (Å²) >= 11 is 1.43. The number of carbonyl (C=O) groups excluding carboxylic acids is 6. The van der Waals surface area contributed by atoms with Crippen molar-refractivity contribution in [3.8, 4) is 0 Å². The molecule has 0 spiro atoms. The van der Waals surface area contributed by atoms with Crippen molar-refractivity contribution in [2.45, 2.75) is 272 Å². The molecule has 0 radical (unpaired) electrons. The van der Waals surface area contributed by atoms with E-state index < -0.39 is 35.0 Å². The molecule has 1 rings (SSSR count). The van der Waals surface area contributed by atoms with Crippen molar-refractivity contribution in [3.63, 3.8) is 0 Å². The molecule has 0 aliphatic heterocycles. The highest BCUT2D eigenvalue weighted by Gasteiger charge is 2.32. The molecule has 2 N–H and O–H groups in total. The number of esters is 3.